The minimum atomic E-state index is 0.573. The fourth-order valence-electron chi connectivity index (χ4n) is 9.02. The lowest BCUT2D eigenvalue weighted by Gasteiger charge is -2.09. The second-order valence-electron chi connectivity index (χ2n) is 15.1. The van der Waals surface area contributed by atoms with Gasteiger partial charge in [-0.2, -0.15) is 10.5 Å². The van der Waals surface area contributed by atoms with Gasteiger partial charge in [0, 0.05) is 43.7 Å². The maximum atomic E-state index is 9.90. The van der Waals surface area contributed by atoms with Crippen molar-refractivity contribution in [1.82, 2.24) is 9.13 Å². The summed E-state index contributed by atoms with van der Waals surface area (Å²) in [5, 5.41) is 26.1. The lowest BCUT2D eigenvalue weighted by atomic mass is 9.98. The van der Waals surface area contributed by atoms with Crippen molar-refractivity contribution >= 4 is 65.6 Å². The fraction of sp³-hybridized carbons (Fsp3) is 0.0566. The number of rotatable bonds is 7. The number of nitrogens with zero attached hydrogens (tertiary/aromatic N) is 4. The van der Waals surface area contributed by atoms with E-state index in [0.29, 0.717) is 11.1 Å². The first-order valence-corrected chi connectivity index (χ1v) is 19.7. The number of nitriles is 2. The fourth-order valence-corrected chi connectivity index (χ4v) is 9.02. The van der Waals surface area contributed by atoms with Crippen molar-refractivity contribution in [2.24, 2.45) is 0 Å². The molecule has 3 aromatic heterocycles. The Kier molecular flexibility index (Phi) is 7.74. The molecule has 5 heteroatoms. The quantitative estimate of drug-likeness (QED) is 0.163. The van der Waals surface area contributed by atoms with E-state index >= 15 is 0 Å². The minimum Gasteiger partial charge on any atom is -0.456 e. The molecule has 58 heavy (non-hydrogen) atoms. The van der Waals surface area contributed by atoms with Crippen molar-refractivity contribution in [3.63, 3.8) is 0 Å². The van der Waals surface area contributed by atoms with Crippen molar-refractivity contribution in [2.45, 2.75) is 19.3 Å². The first kappa shape index (κ1) is 33.5. The highest BCUT2D eigenvalue weighted by molar-refractivity contribution is 6.13. The second kappa shape index (κ2) is 13.4. The lowest BCUT2D eigenvalue weighted by Crippen LogP contribution is -1.94. The maximum absolute atomic E-state index is 9.90. The molecule has 0 spiro atoms. The predicted octanol–water partition coefficient (Wildman–Crippen LogP) is 13.4. The van der Waals surface area contributed by atoms with Gasteiger partial charge < -0.3 is 13.6 Å². The Labute approximate surface area is 334 Å². The van der Waals surface area contributed by atoms with E-state index in [4.69, 9.17) is 4.42 Å². The van der Waals surface area contributed by atoms with E-state index in [1.54, 1.807) is 6.07 Å². The number of furan rings is 1. The van der Waals surface area contributed by atoms with Gasteiger partial charge in [0.25, 0.3) is 0 Å². The molecule has 0 amide bonds. The van der Waals surface area contributed by atoms with E-state index < -0.39 is 0 Å². The normalized spacial score (nSPS) is 11.6. The Morgan fingerprint density at radius 1 is 0.431 bits per heavy atom. The molecule has 3 heterocycles. The van der Waals surface area contributed by atoms with E-state index in [-0.39, 0.29) is 0 Å². The number of hydrogen-bond donors (Lipinski definition) is 0. The molecule has 11 rings (SSSR count). The molecule has 0 aliphatic rings. The Balaban J connectivity index is 0.989. The van der Waals surface area contributed by atoms with Crippen molar-refractivity contribution in [3.8, 4) is 34.6 Å². The first-order chi connectivity index (χ1) is 28.6. The van der Waals surface area contributed by atoms with Crippen LogP contribution in [0.2, 0.25) is 0 Å². The second-order valence-corrected chi connectivity index (χ2v) is 15.1. The number of aryl methyl sites for hydroxylation is 2. The molecular weight excluding hydrogens is 709 g/mol. The summed E-state index contributed by atoms with van der Waals surface area (Å²) in [6.45, 7) is 0. The van der Waals surface area contributed by atoms with Crippen LogP contribution in [0.5, 0.6) is 0 Å². The van der Waals surface area contributed by atoms with Crippen LogP contribution in [0.1, 0.15) is 28.7 Å². The highest BCUT2D eigenvalue weighted by Crippen LogP contribution is 2.39. The summed E-state index contributed by atoms with van der Waals surface area (Å²) < 4.78 is 11.1. The van der Waals surface area contributed by atoms with Crippen molar-refractivity contribution in [1.29, 1.82) is 10.5 Å². The van der Waals surface area contributed by atoms with E-state index in [9.17, 15) is 10.5 Å². The molecule has 0 fully saturated rings. The Bertz CT molecular complexity index is 3500. The molecular formula is C53H34N4O. The number of benzene rings is 8. The molecule has 0 N–H and O–H groups in total. The third-order valence-corrected chi connectivity index (χ3v) is 11.7. The zero-order chi connectivity index (χ0) is 38.7. The van der Waals surface area contributed by atoms with Crippen LogP contribution < -0.4 is 0 Å². The van der Waals surface area contributed by atoms with Crippen molar-refractivity contribution in [3.05, 3.63) is 192 Å². The molecule has 11 aromatic rings. The highest BCUT2D eigenvalue weighted by atomic mass is 16.3. The van der Waals surface area contributed by atoms with Crippen LogP contribution in [0, 0.1) is 22.7 Å². The SMILES string of the molecule is N#Cc1ccc2oc3c(CCCc4ccc5c(c4)c4cc(-c6ccc7c(c6)c6ccccc6n7-c6ccccc6)ccc4n5-c4ccccc4)cc(C#N)cc3c2c1. The number of hydrogen-bond acceptors (Lipinski definition) is 3. The predicted molar refractivity (Wildman–Crippen MR) is 236 cm³/mol. The summed E-state index contributed by atoms with van der Waals surface area (Å²) in [5.74, 6) is 0. The Morgan fingerprint density at radius 3 is 1.67 bits per heavy atom. The summed E-state index contributed by atoms with van der Waals surface area (Å²) in [7, 11) is 0. The highest BCUT2D eigenvalue weighted by Gasteiger charge is 2.18. The van der Waals surface area contributed by atoms with Gasteiger partial charge in [-0.1, -0.05) is 72.8 Å². The largest absolute Gasteiger partial charge is 0.456 e. The zero-order valence-electron chi connectivity index (χ0n) is 31.5. The molecule has 8 aromatic carbocycles. The van der Waals surface area contributed by atoms with Gasteiger partial charge in [-0.3, -0.25) is 0 Å². The molecule has 0 unspecified atom stereocenters. The van der Waals surface area contributed by atoms with E-state index in [2.05, 4.69) is 161 Å². The van der Waals surface area contributed by atoms with Gasteiger partial charge in [-0.05, 0) is 139 Å². The van der Waals surface area contributed by atoms with Crippen molar-refractivity contribution < 1.29 is 4.42 Å². The van der Waals surface area contributed by atoms with Crippen LogP contribution in [0.4, 0.5) is 0 Å². The van der Waals surface area contributed by atoms with Gasteiger partial charge >= 0.3 is 0 Å². The maximum Gasteiger partial charge on any atom is 0.138 e. The van der Waals surface area contributed by atoms with Gasteiger partial charge in [0.1, 0.15) is 11.2 Å². The van der Waals surface area contributed by atoms with Crippen LogP contribution in [-0.2, 0) is 12.8 Å². The van der Waals surface area contributed by atoms with Crippen LogP contribution in [0.25, 0.3) is 88.1 Å². The summed E-state index contributed by atoms with van der Waals surface area (Å²) in [6.07, 6.45) is 2.51. The third kappa shape index (κ3) is 5.37. The number of para-hydroxylation sites is 3. The van der Waals surface area contributed by atoms with Crippen LogP contribution in [0.15, 0.2) is 174 Å². The smallest absolute Gasteiger partial charge is 0.138 e. The molecule has 0 aliphatic carbocycles. The summed E-state index contributed by atoms with van der Waals surface area (Å²) in [5.41, 5.74) is 14.3. The molecule has 0 bridgehead atoms. The Hall–Kier alpha value is -7.86. The van der Waals surface area contributed by atoms with Gasteiger partial charge in [0.05, 0.1) is 45.3 Å². The molecule has 0 aliphatic heterocycles. The Morgan fingerprint density at radius 2 is 1.00 bits per heavy atom. The van der Waals surface area contributed by atoms with Crippen LogP contribution >= 0.6 is 0 Å². The van der Waals surface area contributed by atoms with Crippen LogP contribution in [0.3, 0.4) is 0 Å². The molecule has 0 radical (unpaired) electrons. The molecule has 0 saturated carbocycles. The van der Waals surface area contributed by atoms with Crippen molar-refractivity contribution in [2.75, 3.05) is 0 Å². The average molecular weight is 743 g/mol. The summed E-state index contributed by atoms with van der Waals surface area (Å²) in [4.78, 5) is 0. The monoisotopic (exact) mass is 742 g/mol. The van der Waals surface area contributed by atoms with E-state index in [0.717, 1.165) is 58.1 Å². The number of fused-ring (bicyclic) bond motifs is 9. The number of aromatic nitrogens is 2. The standard InChI is InChI=1S/C53H34N4O/c54-32-35-19-25-52-46(28-35)47-29-36(33-55)26-39(53(47)58-52)11-9-10-34-18-22-49-43(27-34)45-31-38(21-24-51(45)57(49)41-14-5-2-6-15-41)37-20-23-50-44(30-37)42-16-7-8-17-48(42)56(50)40-12-3-1-4-13-40/h1-8,12-31H,9-11H2. The zero-order valence-corrected chi connectivity index (χ0v) is 31.5. The molecule has 5 nitrogen and oxygen atoms in total. The molecule has 0 saturated heterocycles. The van der Waals surface area contributed by atoms with Gasteiger partial charge in [-0.25, -0.2) is 0 Å². The molecule has 272 valence electrons. The minimum absolute atomic E-state index is 0.573. The van der Waals surface area contributed by atoms with E-state index in [1.165, 1.54) is 60.3 Å². The summed E-state index contributed by atoms with van der Waals surface area (Å²) in [6, 6.07) is 64.4. The van der Waals surface area contributed by atoms with E-state index in [1.807, 2.05) is 24.3 Å². The van der Waals surface area contributed by atoms with Crippen LogP contribution in [-0.4, -0.2) is 9.13 Å². The van der Waals surface area contributed by atoms with Gasteiger partial charge in [0.2, 0.25) is 0 Å². The first-order valence-electron chi connectivity index (χ1n) is 19.7. The van der Waals surface area contributed by atoms with Gasteiger partial charge in [0.15, 0.2) is 0 Å². The summed E-state index contributed by atoms with van der Waals surface area (Å²) >= 11 is 0. The topological polar surface area (TPSA) is 70.6 Å². The third-order valence-electron chi connectivity index (χ3n) is 11.7. The lowest BCUT2D eigenvalue weighted by molar-refractivity contribution is 0.659. The van der Waals surface area contributed by atoms with Gasteiger partial charge in [-0.15, -0.1) is 0 Å². The average Bonchev–Trinajstić information content (AvgIpc) is 3.93. The molecule has 0 atom stereocenters.